The first kappa shape index (κ1) is 15.9. The lowest BCUT2D eigenvalue weighted by Crippen LogP contribution is -2.54. The van der Waals surface area contributed by atoms with Crippen LogP contribution in [0.25, 0.3) is 0 Å². The van der Waals surface area contributed by atoms with Crippen molar-refractivity contribution >= 4 is 12.0 Å². The van der Waals surface area contributed by atoms with Gasteiger partial charge in [-0.3, -0.25) is 0 Å². The van der Waals surface area contributed by atoms with Crippen molar-refractivity contribution in [1.82, 2.24) is 10.6 Å². The number of nitrogens with one attached hydrogen (secondary N) is 2. The van der Waals surface area contributed by atoms with Crippen molar-refractivity contribution in [2.75, 3.05) is 0 Å². The number of aliphatic carboxylic acids is 1. The van der Waals surface area contributed by atoms with Crippen molar-refractivity contribution in [3.05, 3.63) is 35.4 Å². The zero-order chi connectivity index (χ0) is 15.3. The molecule has 110 valence electrons. The summed E-state index contributed by atoms with van der Waals surface area (Å²) in [6, 6.07) is 2.17. The predicted molar refractivity (Wildman–Crippen MR) is 68.1 cm³/mol. The number of carbonyl (C=O) groups excluding carboxylic acids is 1. The third-order valence-corrected chi connectivity index (χ3v) is 2.94. The first-order chi connectivity index (χ1) is 9.26. The third-order valence-electron chi connectivity index (χ3n) is 2.94. The lowest BCUT2D eigenvalue weighted by atomic mass is 10.00. The van der Waals surface area contributed by atoms with E-state index in [2.05, 4.69) is 10.6 Å². The zero-order valence-electron chi connectivity index (χ0n) is 11.2. The van der Waals surface area contributed by atoms with Crippen LogP contribution >= 0.6 is 0 Å². The molecule has 0 saturated heterocycles. The van der Waals surface area contributed by atoms with Gasteiger partial charge in [0.05, 0.1) is 0 Å². The molecule has 0 aliphatic carbocycles. The normalized spacial score (nSPS) is 13.4. The van der Waals surface area contributed by atoms with E-state index in [1.807, 2.05) is 0 Å². The molecular formula is C13H16F2N2O3. The molecule has 3 N–H and O–H groups in total. The van der Waals surface area contributed by atoms with Crippen molar-refractivity contribution in [3.8, 4) is 0 Å². The number of rotatable bonds is 5. The van der Waals surface area contributed by atoms with Crippen LogP contribution in [0, 0.1) is 11.6 Å². The summed E-state index contributed by atoms with van der Waals surface area (Å²) in [5.41, 5.74) is -1.15. The fourth-order valence-electron chi connectivity index (χ4n) is 1.48. The number of amides is 2. The fraction of sp³-hybridized carbons (Fsp3) is 0.385. The second kappa shape index (κ2) is 6.31. The van der Waals surface area contributed by atoms with E-state index >= 15 is 0 Å². The summed E-state index contributed by atoms with van der Waals surface area (Å²) in [5, 5.41) is 13.7. The van der Waals surface area contributed by atoms with Gasteiger partial charge in [0.2, 0.25) is 0 Å². The first-order valence-corrected chi connectivity index (χ1v) is 6.01. The van der Waals surface area contributed by atoms with Crippen LogP contribution in [0.1, 0.15) is 25.8 Å². The van der Waals surface area contributed by atoms with Gasteiger partial charge in [-0.2, -0.15) is 0 Å². The Hall–Kier alpha value is -2.18. The highest BCUT2D eigenvalue weighted by molar-refractivity contribution is 5.85. The first-order valence-electron chi connectivity index (χ1n) is 6.01. The number of urea groups is 1. The van der Waals surface area contributed by atoms with Gasteiger partial charge in [-0.15, -0.1) is 0 Å². The number of hydrogen-bond donors (Lipinski definition) is 3. The number of benzene rings is 1. The molecule has 0 radical (unpaired) electrons. The molecule has 0 aromatic heterocycles. The smallest absolute Gasteiger partial charge is 0.329 e. The molecule has 0 aliphatic rings. The molecule has 0 saturated carbocycles. The van der Waals surface area contributed by atoms with Crippen LogP contribution in [0.3, 0.4) is 0 Å². The number of carboxylic acids is 1. The molecule has 0 bridgehead atoms. The lowest BCUT2D eigenvalue weighted by Gasteiger charge is -2.24. The van der Waals surface area contributed by atoms with Crippen LogP contribution in [0.4, 0.5) is 13.6 Å². The Balaban J connectivity index is 2.61. The molecule has 0 fully saturated rings. The monoisotopic (exact) mass is 286 g/mol. The number of hydrogen-bond acceptors (Lipinski definition) is 2. The highest BCUT2D eigenvalue weighted by Crippen LogP contribution is 2.10. The van der Waals surface area contributed by atoms with Gasteiger partial charge in [0.25, 0.3) is 0 Å². The summed E-state index contributed by atoms with van der Waals surface area (Å²) in [6.45, 7) is 2.88. The number of halogens is 2. The van der Waals surface area contributed by atoms with Crippen molar-refractivity contribution in [2.24, 2.45) is 0 Å². The Morgan fingerprint density at radius 3 is 2.25 bits per heavy atom. The standard InChI is InChI=1S/C13H16F2N2O3/c1-3-13(2,11(18)19)17-12(20)16-7-8-4-9(14)6-10(15)5-8/h4-6H,3,7H2,1-2H3,(H,18,19)(H2,16,17,20). The minimum Gasteiger partial charge on any atom is -0.480 e. The van der Waals surface area contributed by atoms with E-state index in [0.717, 1.165) is 18.2 Å². The molecule has 5 nitrogen and oxygen atoms in total. The summed E-state index contributed by atoms with van der Waals surface area (Å²) in [7, 11) is 0. The van der Waals surface area contributed by atoms with Gasteiger partial charge in [0.15, 0.2) is 0 Å². The third kappa shape index (κ3) is 4.18. The van der Waals surface area contributed by atoms with Gasteiger partial charge in [0.1, 0.15) is 17.2 Å². The topological polar surface area (TPSA) is 78.4 Å². The molecule has 0 heterocycles. The van der Waals surface area contributed by atoms with Crippen molar-refractivity contribution < 1.29 is 23.5 Å². The van der Waals surface area contributed by atoms with Crippen molar-refractivity contribution in [3.63, 3.8) is 0 Å². The van der Waals surface area contributed by atoms with E-state index in [4.69, 9.17) is 5.11 Å². The maximum absolute atomic E-state index is 12.9. The largest absolute Gasteiger partial charge is 0.480 e. The van der Waals surface area contributed by atoms with E-state index in [1.165, 1.54) is 6.92 Å². The van der Waals surface area contributed by atoms with E-state index in [0.29, 0.717) is 0 Å². The molecule has 1 unspecified atom stereocenters. The van der Waals surface area contributed by atoms with Crippen LogP contribution in [-0.4, -0.2) is 22.6 Å². The summed E-state index contributed by atoms with van der Waals surface area (Å²) < 4.78 is 25.9. The zero-order valence-corrected chi connectivity index (χ0v) is 11.2. The van der Waals surface area contributed by atoms with E-state index in [9.17, 15) is 18.4 Å². The second-order valence-electron chi connectivity index (χ2n) is 4.58. The molecule has 20 heavy (non-hydrogen) atoms. The average molecular weight is 286 g/mol. The van der Waals surface area contributed by atoms with Gasteiger partial charge in [-0.05, 0) is 31.0 Å². The van der Waals surface area contributed by atoms with Crippen LogP contribution in [0.5, 0.6) is 0 Å². The van der Waals surface area contributed by atoms with Crippen LogP contribution in [0.15, 0.2) is 18.2 Å². The molecule has 1 atom stereocenters. The predicted octanol–water partition coefficient (Wildman–Crippen LogP) is 2.02. The van der Waals surface area contributed by atoms with E-state index < -0.39 is 29.2 Å². The van der Waals surface area contributed by atoms with Gasteiger partial charge < -0.3 is 15.7 Å². The molecule has 0 aliphatic heterocycles. The van der Waals surface area contributed by atoms with Gasteiger partial charge in [-0.1, -0.05) is 6.92 Å². The molecule has 7 heteroatoms. The Kier molecular flexibility index (Phi) is 5.01. The van der Waals surface area contributed by atoms with Crippen LogP contribution in [-0.2, 0) is 11.3 Å². The summed E-state index contributed by atoms with van der Waals surface area (Å²) in [6.07, 6.45) is 0.199. The Bertz CT molecular complexity index is 502. The lowest BCUT2D eigenvalue weighted by molar-refractivity contribution is -0.143. The molecule has 2 amide bonds. The molecule has 0 spiro atoms. The molecule has 1 aromatic rings. The van der Waals surface area contributed by atoms with Gasteiger partial charge >= 0.3 is 12.0 Å². The van der Waals surface area contributed by atoms with Gasteiger partial charge in [-0.25, -0.2) is 18.4 Å². The number of carboxylic acid groups (broad SMARTS) is 1. The average Bonchev–Trinajstić information content (AvgIpc) is 2.35. The van der Waals surface area contributed by atoms with E-state index in [1.54, 1.807) is 6.92 Å². The minimum absolute atomic E-state index is 0.111. The Morgan fingerprint density at radius 1 is 1.25 bits per heavy atom. The van der Waals surface area contributed by atoms with Crippen LogP contribution < -0.4 is 10.6 Å². The van der Waals surface area contributed by atoms with Crippen molar-refractivity contribution in [1.29, 1.82) is 0 Å². The highest BCUT2D eigenvalue weighted by Gasteiger charge is 2.32. The quantitative estimate of drug-likeness (QED) is 0.775. The minimum atomic E-state index is -1.39. The molecule has 1 aromatic carbocycles. The van der Waals surface area contributed by atoms with Crippen LogP contribution in [0.2, 0.25) is 0 Å². The highest BCUT2D eigenvalue weighted by atomic mass is 19.1. The van der Waals surface area contributed by atoms with Gasteiger partial charge in [0, 0.05) is 12.6 Å². The Labute approximate surface area is 115 Å². The second-order valence-corrected chi connectivity index (χ2v) is 4.58. The molecular weight excluding hydrogens is 270 g/mol. The maximum Gasteiger partial charge on any atom is 0.329 e. The molecule has 1 rings (SSSR count). The maximum atomic E-state index is 12.9. The Morgan fingerprint density at radius 2 is 1.80 bits per heavy atom. The summed E-state index contributed by atoms with van der Waals surface area (Å²) >= 11 is 0. The fourth-order valence-corrected chi connectivity index (χ4v) is 1.48. The number of carbonyl (C=O) groups is 2. The summed E-state index contributed by atoms with van der Waals surface area (Å²) in [4.78, 5) is 22.6. The summed E-state index contributed by atoms with van der Waals surface area (Å²) in [5.74, 6) is -2.65. The van der Waals surface area contributed by atoms with E-state index in [-0.39, 0.29) is 18.5 Å². The SMILES string of the molecule is CCC(C)(NC(=O)NCc1cc(F)cc(F)c1)C(=O)O. The van der Waals surface area contributed by atoms with Crippen molar-refractivity contribution in [2.45, 2.75) is 32.4 Å².